The predicted octanol–water partition coefficient (Wildman–Crippen LogP) is 1.98. The van der Waals surface area contributed by atoms with E-state index in [2.05, 4.69) is 17.4 Å². The summed E-state index contributed by atoms with van der Waals surface area (Å²) in [7, 11) is 0. The van der Waals surface area contributed by atoms with E-state index in [-0.39, 0.29) is 0 Å². The molecule has 0 amide bonds. The predicted molar refractivity (Wildman–Crippen MR) is 55.3 cm³/mol. The Balaban J connectivity index is 1.88. The van der Waals surface area contributed by atoms with Gasteiger partial charge in [0, 0.05) is 18.0 Å². The quantitative estimate of drug-likeness (QED) is 0.799. The lowest BCUT2D eigenvalue weighted by molar-refractivity contribution is 0.369. The first-order valence-electron chi connectivity index (χ1n) is 5.42. The minimum atomic E-state index is 0.694. The SMILES string of the molecule is Cc1noc(CCC2CCCN2)c1C. The van der Waals surface area contributed by atoms with Crippen molar-refractivity contribution < 1.29 is 4.52 Å². The molecule has 3 heteroatoms. The van der Waals surface area contributed by atoms with Gasteiger partial charge in [0.25, 0.3) is 0 Å². The molecule has 14 heavy (non-hydrogen) atoms. The van der Waals surface area contributed by atoms with Crippen molar-refractivity contribution in [3.63, 3.8) is 0 Å². The van der Waals surface area contributed by atoms with Crippen LogP contribution in [-0.2, 0) is 6.42 Å². The zero-order valence-corrected chi connectivity index (χ0v) is 8.97. The highest BCUT2D eigenvalue weighted by atomic mass is 16.5. The Morgan fingerprint density at radius 3 is 2.93 bits per heavy atom. The largest absolute Gasteiger partial charge is 0.361 e. The van der Waals surface area contributed by atoms with E-state index in [1.165, 1.54) is 31.4 Å². The first kappa shape index (κ1) is 9.71. The van der Waals surface area contributed by atoms with Crippen molar-refractivity contribution in [1.29, 1.82) is 0 Å². The fourth-order valence-corrected chi connectivity index (χ4v) is 2.00. The van der Waals surface area contributed by atoms with Gasteiger partial charge in [-0.05, 0) is 39.7 Å². The van der Waals surface area contributed by atoms with Crippen molar-refractivity contribution in [3.05, 3.63) is 17.0 Å². The van der Waals surface area contributed by atoms with E-state index in [1.807, 2.05) is 6.92 Å². The Hall–Kier alpha value is -0.830. The third-order valence-electron chi connectivity index (χ3n) is 3.14. The van der Waals surface area contributed by atoms with E-state index in [0.29, 0.717) is 6.04 Å². The van der Waals surface area contributed by atoms with Crippen LogP contribution in [0.4, 0.5) is 0 Å². The molecule has 1 fully saturated rings. The lowest BCUT2D eigenvalue weighted by atomic mass is 10.1. The van der Waals surface area contributed by atoms with Gasteiger partial charge in [-0.25, -0.2) is 0 Å². The third-order valence-corrected chi connectivity index (χ3v) is 3.14. The van der Waals surface area contributed by atoms with Gasteiger partial charge in [0.2, 0.25) is 0 Å². The number of rotatable bonds is 3. The molecular formula is C11H18N2O. The highest BCUT2D eigenvalue weighted by molar-refractivity contribution is 5.19. The van der Waals surface area contributed by atoms with Crippen molar-refractivity contribution >= 4 is 0 Å². The van der Waals surface area contributed by atoms with Gasteiger partial charge in [-0.3, -0.25) is 0 Å². The van der Waals surface area contributed by atoms with E-state index in [4.69, 9.17) is 4.52 Å². The second kappa shape index (κ2) is 4.13. The minimum Gasteiger partial charge on any atom is -0.361 e. The average molecular weight is 194 g/mol. The number of aromatic nitrogens is 1. The van der Waals surface area contributed by atoms with Crippen LogP contribution in [0.2, 0.25) is 0 Å². The van der Waals surface area contributed by atoms with Crippen molar-refractivity contribution in [1.82, 2.24) is 10.5 Å². The number of hydrogen-bond donors (Lipinski definition) is 1. The molecule has 1 unspecified atom stereocenters. The second-order valence-electron chi connectivity index (χ2n) is 4.15. The van der Waals surface area contributed by atoms with Crippen LogP contribution in [0.5, 0.6) is 0 Å². The maximum absolute atomic E-state index is 5.28. The van der Waals surface area contributed by atoms with Crippen molar-refractivity contribution in [2.45, 2.75) is 45.6 Å². The number of nitrogens with zero attached hydrogens (tertiary/aromatic N) is 1. The first-order valence-corrected chi connectivity index (χ1v) is 5.42. The van der Waals surface area contributed by atoms with Crippen molar-refractivity contribution in [2.24, 2.45) is 0 Å². The molecule has 1 saturated heterocycles. The Kier molecular flexibility index (Phi) is 2.87. The standard InChI is InChI=1S/C11H18N2O/c1-8-9(2)13-14-11(8)6-5-10-4-3-7-12-10/h10,12H,3-7H2,1-2H3. The van der Waals surface area contributed by atoms with Crippen LogP contribution in [0.25, 0.3) is 0 Å². The van der Waals surface area contributed by atoms with Crippen molar-refractivity contribution in [2.75, 3.05) is 6.54 Å². The van der Waals surface area contributed by atoms with E-state index >= 15 is 0 Å². The normalized spacial score (nSPS) is 21.7. The zero-order chi connectivity index (χ0) is 9.97. The molecule has 78 valence electrons. The average Bonchev–Trinajstić information content (AvgIpc) is 2.77. The Bertz CT molecular complexity index is 300. The molecule has 0 bridgehead atoms. The first-order chi connectivity index (χ1) is 6.77. The number of aryl methyl sites for hydroxylation is 2. The van der Waals surface area contributed by atoms with E-state index in [0.717, 1.165) is 17.9 Å². The lowest BCUT2D eigenvalue weighted by Gasteiger charge is -2.07. The molecule has 0 spiro atoms. The van der Waals surface area contributed by atoms with Crippen LogP contribution in [0.1, 0.15) is 36.3 Å². The summed E-state index contributed by atoms with van der Waals surface area (Å²) in [6.45, 7) is 5.26. The summed E-state index contributed by atoms with van der Waals surface area (Å²) >= 11 is 0. The molecule has 1 N–H and O–H groups in total. The maximum atomic E-state index is 5.28. The Labute approximate surface area is 84.9 Å². The van der Waals surface area contributed by atoms with Gasteiger partial charge in [0.1, 0.15) is 5.76 Å². The van der Waals surface area contributed by atoms with Gasteiger partial charge in [-0.1, -0.05) is 5.16 Å². The van der Waals surface area contributed by atoms with Gasteiger partial charge in [-0.2, -0.15) is 0 Å². The van der Waals surface area contributed by atoms with Crippen LogP contribution in [0.15, 0.2) is 4.52 Å². The molecule has 1 aromatic heterocycles. The summed E-state index contributed by atoms with van der Waals surface area (Å²) in [6, 6.07) is 0.694. The molecule has 0 saturated carbocycles. The smallest absolute Gasteiger partial charge is 0.139 e. The maximum Gasteiger partial charge on any atom is 0.139 e. The van der Waals surface area contributed by atoms with Crippen LogP contribution in [0.3, 0.4) is 0 Å². The molecule has 0 aliphatic carbocycles. The van der Waals surface area contributed by atoms with Crippen LogP contribution < -0.4 is 5.32 Å². The summed E-state index contributed by atoms with van der Waals surface area (Å²) in [5.74, 6) is 1.07. The van der Waals surface area contributed by atoms with Crippen LogP contribution in [0, 0.1) is 13.8 Å². The number of hydrogen-bond acceptors (Lipinski definition) is 3. The molecule has 2 heterocycles. The van der Waals surface area contributed by atoms with Gasteiger partial charge in [0.15, 0.2) is 0 Å². The zero-order valence-electron chi connectivity index (χ0n) is 8.97. The molecule has 1 aliphatic rings. The second-order valence-corrected chi connectivity index (χ2v) is 4.15. The summed E-state index contributed by atoms with van der Waals surface area (Å²) < 4.78 is 5.28. The molecule has 2 rings (SSSR count). The topological polar surface area (TPSA) is 38.1 Å². The molecule has 3 nitrogen and oxygen atoms in total. The summed E-state index contributed by atoms with van der Waals surface area (Å²) in [6.07, 6.45) is 4.82. The van der Waals surface area contributed by atoms with Gasteiger partial charge < -0.3 is 9.84 Å². The molecule has 1 aliphatic heterocycles. The highest BCUT2D eigenvalue weighted by Gasteiger charge is 2.16. The number of nitrogens with one attached hydrogen (secondary N) is 1. The lowest BCUT2D eigenvalue weighted by Crippen LogP contribution is -2.21. The summed E-state index contributed by atoms with van der Waals surface area (Å²) in [4.78, 5) is 0. The Morgan fingerprint density at radius 2 is 2.36 bits per heavy atom. The van der Waals surface area contributed by atoms with Gasteiger partial charge in [-0.15, -0.1) is 0 Å². The van der Waals surface area contributed by atoms with E-state index in [9.17, 15) is 0 Å². The minimum absolute atomic E-state index is 0.694. The highest BCUT2D eigenvalue weighted by Crippen LogP contribution is 2.17. The summed E-state index contributed by atoms with van der Waals surface area (Å²) in [5, 5.41) is 7.46. The van der Waals surface area contributed by atoms with Gasteiger partial charge in [0.05, 0.1) is 5.69 Å². The molecular weight excluding hydrogens is 176 g/mol. The fraction of sp³-hybridized carbons (Fsp3) is 0.727. The fourth-order valence-electron chi connectivity index (χ4n) is 2.00. The van der Waals surface area contributed by atoms with Crippen molar-refractivity contribution in [3.8, 4) is 0 Å². The monoisotopic (exact) mass is 194 g/mol. The Morgan fingerprint density at radius 1 is 1.50 bits per heavy atom. The third kappa shape index (κ3) is 1.98. The molecule has 1 atom stereocenters. The molecule has 0 radical (unpaired) electrons. The van der Waals surface area contributed by atoms with Gasteiger partial charge >= 0.3 is 0 Å². The van der Waals surface area contributed by atoms with E-state index in [1.54, 1.807) is 0 Å². The van der Waals surface area contributed by atoms with E-state index < -0.39 is 0 Å². The van der Waals surface area contributed by atoms with Crippen LogP contribution in [-0.4, -0.2) is 17.7 Å². The van der Waals surface area contributed by atoms with Crippen LogP contribution >= 0.6 is 0 Å². The molecule has 1 aromatic rings. The summed E-state index contributed by atoms with van der Waals surface area (Å²) in [5.41, 5.74) is 2.25. The molecule has 0 aromatic carbocycles.